The Bertz CT molecular complexity index is 1380. The molecule has 10 heteroatoms. The van der Waals surface area contributed by atoms with Crippen molar-refractivity contribution >= 4 is 50.7 Å². The number of carbonyl (C=O) groups excluding carboxylic acids is 2. The Kier molecular flexibility index (Phi) is 10.2. The number of halogens is 2. The summed E-state index contributed by atoms with van der Waals surface area (Å²) in [6, 6.07) is 19.1. The summed E-state index contributed by atoms with van der Waals surface area (Å²) in [4.78, 5) is 28.4. The van der Waals surface area contributed by atoms with Gasteiger partial charge < -0.3 is 10.2 Å². The summed E-state index contributed by atoms with van der Waals surface area (Å²) in [6.07, 6.45) is 0.340. The molecule has 0 unspecified atom stereocenters. The third kappa shape index (κ3) is 6.67. The second-order valence-electron chi connectivity index (χ2n) is 8.66. The molecule has 0 aromatic heterocycles. The number of benzene rings is 3. The minimum absolute atomic E-state index is 0.00249. The van der Waals surface area contributed by atoms with Crippen LogP contribution in [-0.2, 0) is 26.2 Å². The molecule has 0 saturated carbocycles. The molecule has 1 atom stereocenters. The molecular formula is C28H31Cl2N3O4S. The largest absolute Gasteiger partial charge is 0.355 e. The molecule has 0 aliphatic heterocycles. The van der Waals surface area contributed by atoms with Crippen LogP contribution in [0, 0.1) is 6.92 Å². The van der Waals surface area contributed by atoms with Gasteiger partial charge in [-0.3, -0.25) is 13.9 Å². The lowest BCUT2D eigenvalue weighted by Gasteiger charge is -2.33. The predicted octanol–water partition coefficient (Wildman–Crippen LogP) is 5.44. The van der Waals surface area contributed by atoms with E-state index < -0.39 is 28.5 Å². The van der Waals surface area contributed by atoms with Crippen LogP contribution in [-0.4, -0.2) is 44.3 Å². The van der Waals surface area contributed by atoms with Crippen molar-refractivity contribution < 1.29 is 18.0 Å². The Labute approximate surface area is 234 Å². The van der Waals surface area contributed by atoms with E-state index in [1.807, 2.05) is 38.1 Å². The van der Waals surface area contributed by atoms with Crippen LogP contribution >= 0.6 is 23.2 Å². The zero-order valence-electron chi connectivity index (χ0n) is 21.5. The molecule has 1 N–H and O–H groups in total. The average Bonchev–Trinajstić information content (AvgIpc) is 2.90. The molecule has 0 saturated heterocycles. The first-order valence-electron chi connectivity index (χ1n) is 12.2. The second-order valence-corrected chi connectivity index (χ2v) is 11.3. The number of nitrogens with one attached hydrogen (secondary N) is 1. The zero-order chi connectivity index (χ0) is 27.9. The van der Waals surface area contributed by atoms with Gasteiger partial charge in [0.25, 0.3) is 10.0 Å². The number of hydrogen-bond acceptors (Lipinski definition) is 4. The number of rotatable bonds is 11. The first-order chi connectivity index (χ1) is 18.1. The quantitative estimate of drug-likeness (QED) is 0.330. The lowest BCUT2D eigenvalue weighted by molar-refractivity contribution is -0.140. The number of amides is 2. The van der Waals surface area contributed by atoms with E-state index in [0.717, 1.165) is 15.4 Å². The van der Waals surface area contributed by atoms with Gasteiger partial charge in [-0.2, -0.15) is 0 Å². The number of sulfonamides is 1. The van der Waals surface area contributed by atoms with Crippen LogP contribution in [0.15, 0.2) is 77.7 Å². The first kappa shape index (κ1) is 29.5. The summed E-state index contributed by atoms with van der Waals surface area (Å²) in [7, 11) is -4.22. The summed E-state index contributed by atoms with van der Waals surface area (Å²) in [5.74, 6) is -0.864. The lowest BCUT2D eigenvalue weighted by atomic mass is 10.1. The van der Waals surface area contributed by atoms with Crippen molar-refractivity contribution in [1.82, 2.24) is 10.2 Å². The third-order valence-electron chi connectivity index (χ3n) is 6.15. The van der Waals surface area contributed by atoms with Crippen LogP contribution in [0.2, 0.25) is 10.0 Å². The Hall–Kier alpha value is -3.07. The fourth-order valence-corrected chi connectivity index (χ4v) is 6.00. The van der Waals surface area contributed by atoms with E-state index in [-0.39, 0.29) is 33.1 Å². The second kappa shape index (κ2) is 13.1. The number of aryl methyl sites for hydroxylation is 1. The van der Waals surface area contributed by atoms with Gasteiger partial charge in [0.05, 0.1) is 20.6 Å². The topological polar surface area (TPSA) is 86.8 Å². The standard InChI is InChI=1S/C28H31Cl2N3O4S/c1-4-24(28(35)31-5-2)32(18-21-13-10-9-12-20(21)3)26(34)19-33(25-17-11-16-23(29)27(25)30)38(36,37)22-14-7-6-8-15-22/h6-17,24H,4-5,18-19H2,1-3H3,(H,31,35)/t24-/m1/s1. The maximum absolute atomic E-state index is 14.0. The SMILES string of the molecule is CCNC(=O)[C@@H](CC)N(Cc1ccccc1C)C(=O)CN(c1cccc(Cl)c1Cl)S(=O)(=O)c1ccccc1. The van der Waals surface area contributed by atoms with Crippen LogP contribution < -0.4 is 9.62 Å². The molecule has 0 spiro atoms. The van der Waals surface area contributed by atoms with Crippen molar-refractivity contribution in [3.63, 3.8) is 0 Å². The highest BCUT2D eigenvalue weighted by atomic mass is 35.5. The molecule has 3 aromatic carbocycles. The Morgan fingerprint density at radius 3 is 2.21 bits per heavy atom. The van der Waals surface area contributed by atoms with E-state index in [1.54, 1.807) is 31.2 Å². The van der Waals surface area contributed by atoms with Crippen molar-refractivity contribution in [2.75, 3.05) is 17.4 Å². The van der Waals surface area contributed by atoms with Crippen LogP contribution in [0.4, 0.5) is 5.69 Å². The summed E-state index contributed by atoms with van der Waals surface area (Å²) < 4.78 is 28.6. The average molecular weight is 577 g/mol. The summed E-state index contributed by atoms with van der Waals surface area (Å²) in [5.41, 5.74) is 1.86. The molecular weight excluding hydrogens is 545 g/mol. The molecule has 38 heavy (non-hydrogen) atoms. The maximum Gasteiger partial charge on any atom is 0.264 e. The van der Waals surface area contributed by atoms with E-state index in [1.165, 1.54) is 29.2 Å². The fraction of sp³-hybridized carbons (Fsp3) is 0.286. The van der Waals surface area contributed by atoms with Crippen molar-refractivity contribution in [2.45, 2.75) is 44.7 Å². The van der Waals surface area contributed by atoms with Gasteiger partial charge in [-0.05, 0) is 55.7 Å². The molecule has 7 nitrogen and oxygen atoms in total. The molecule has 0 fully saturated rings. The van der Waals surface area contributed by atoms with E-state index >= 15 is 0 Å². The molecule has 2 amide bonds. The highest BCUT2D eigenvalue weighted by Crippen LogP contribution is 2.35. The van der Waals surface area contributed by atoms with E-state index in [9.17, 15) is 18.0 Å². The van der Waals surface area contributed by atoms with Gasteiger partial charge in [-0.1, -0.05) is 78.7 Å². The highest BCUT2D eigenvalue weighted by molar-refractivity contribution is 7.92. The van der Waals surface area contributed by atoms with Gasteiger partial charge in [-0.25, -0.2) is 8.42 Å². The van der Waals surface area contributed by atoms with Crippen molar-refractivity contribution in [3.8, 4) is 0 Å². The summed E-state index contributed by atoms with van der Waals surface area (Å²) >= 11 is 12.7. The van der Waals surface area contributed by atoms with Crippen molar-refractivity contribution in [3.05, 3.63) is 94.0 Å². The number of nitrogens with zero attached hydrogens (tertiary/aromatic N) is 2. The summed E-state index contributed by atoms with van der Waals surface area (Å²) in [6.45, 7) is 5.47. The van der Waals surface area contributed by atoms with Gasteiger partial charge in [0, 0.05) is 13.1 Å². The van der Waals surface area contributed by atoms with E-state index in [2.05, 4.69) is 5.32 Å². The molecule has 0 aliphatic rings. The monoisotopic (exact) mass is 575 g/mol. The maximum atomic E-state index is 14.0. The van der Waals surface area contributed by atoms with Crippen molar-refractivity contribution in [2.24, 2.45) is 0 Å². The van der Waals surface area contributed by atoms with Crippen LogP contribution in [0.5, 0.6) is 0 Å². The number of likely N-dealkylation sites (N-methyl/N-ethyl adjacent to an activating group) is 1. The fourth-order valence-electron chi connectivity index (χ4n) is 4.10. The molecule has 3 aromatic rings. The molecule has 0 bridgehead atoms. The first-order valence-corrected chi connectivity index (χ1v) is 14.4. The van der Waals surface area contributed by atoms with E-state index in [0.29, 0.717) is 13.0 Å². The van der Waals surface area contributed by atoms with Gasteiger partial charge in [-0.15, -0.1) is 0 Å². The van der Waals surface area contributed by atoms with Gasteiger partial charge >= 0.3 is 0 Å². The normalized spacial score (nSPS) is 12.0. The van der Waals surface area contributed by atoms with E-state index in [4.69, 9.17) is 23.2 Å². The smallest absolute Gasteiger partial charge is 0.264 e. The van der Waals surface area contributed by atoms with Gasteiger partial charge in [0.15, 0.2) is 0 Å². The van der Waals surface area contributed by atoms with Crippen LogP contribution in [0.3, 0.4) is 0 Å². The Morgan fingerprint density at radius 2 is 1.58 bits per heavy atom. The highest BCUT2D eigenvalue weighted by Gasteiger charge is 2.34. The third-order valence-corrected chi connectivity index (χ3v) is 8.73. The van der Waals surface area contributed by atoms with Crippen molar-refractivity contribution in [1.29, 1.82) is 0 Å². The lowest BCUT2D eigenvalue weighted by Crippen LogP contribution is -2.52. The molecule has 0 radical (unpaired) electrons. The predicted molar refractivity (Wildman–Crippen MR) is 152 cm³/mol. The minimum Gasteiger partial charge on any atom is -0.355 e. The summed E-state index contributed by atoms with van der Waals surface area (Å²) in [5, 5.41) is 2.94. The van der Waals surface area contributed by atoms with Gasteiger partial charge in [0.1, 0.15) is 12.6 Å². The zero-order valence-corrected chi connectivity index (χ0v) is 23.9. The van der Waals surface area contributed by atoms with Crippen LogP contribution in [0.1, 0.15) is 31.4 Å². The Balaban J connectivity index is 2.11. The van der Waals surface area contributed by atoms with Gasteiger partial charge in [0.2, 0.25) is 11.8 Å². The molecule has 0 heterocycles. The molecule has 0 aliphatic carbocycles. The number of carbonyl (C=O) groups is 2. The Morgan fingerprint density at radius 1 is 0.921 bits per heavy atom. The van der Waals surface area contributed by atoms with Crippen LogP contribution in [0.25, 0.3) is 0 Å². The number of anilines is 1. The number of hydrogen-bond donors (Lipinski definition) is 1. The minimum atomic E-state index is -4.22. The molecule has 202 valence electrons. The molecule has 3 rings (SSSR count).